The first-order chi connectivity index (χ1) is 5.59. The molecule has 0 heterocycles. The molecular formula is C8H10Br2O2. The normalized spacial score (nSPS) is 29.4. The Hall–Kier alpha value is 0.170. The molecule has 0 bridgehead atoms. The van der Waals surface area contributed by atoms with E-state index in [1.165, 1.54) is 11.4 Å². The van der Waals surface area contributed by atoms with Crippen molar-refractivity contribution in [2.45, 2.75) is 30.7 Å². The van der Waals surface area contributed by atoms with Gasteiger partial charge in [-0.15, -0.1) is 0 Å². The first-order valence-electron chi connectivity index (χ1n) is 3.77. The molecule has 4 heteroatoms. The highest BCUT2D eigenvalue weighted by Gasteiger charge is 2.24. The molecule has 0 aromatic rings. The fraction of sp³-hybridized carbons (Fsp3) is 0.625. The van der Waals surface area contributed by atoms with E-state index in [1.807, 2.05) is 6.08 Å². The van der Waals surface area contributed by atoms with Crippen molar-refractivity contribution < 1.29 is 9.53 Å². The molecule has 1 aliphatic carbocycles. The van der Waals surface area contributed by atoms with E-state index in [0.717, 1.165) is 12.8 Å². The van der Waals surface area contributed by atoms with Gasteiger partial charge in [0, 0.05) is 6.92 Å². The van der Waals surface area contributed by atoms with Crippen molar-refractivity contribution in [3.05, 3.63) is 10.6 Å². The van der Waals surface area contributed by atoms with Crippen molar-refractivity contribution in [2.24, 2.45) is 0 Å². The van der Waals surface area contributed by atoms with Gasteiger partial charge in [0.05, 0.1) is 4.83 Å². The summed E-state index contributed by atoms with van der Waals surface area (Å²) in [5, 5.41) is 0. The molecule has 0 aliphatic heterocycles. The summed E-state index contributed by atoms with van der Waals surface area (Å²) in [6, 6.07) is 0. The van der Waals surface area contributed by atoms with E-state index >= 15 is 0 Å². The van der Waals surface area contributed by atoms with Crippen LogP contribution in [0.5, 0.6) is 0 Å². The lowest BCUT2D eigenvalue weighted by atomic mass is 10.0. The third-order valence-corrected chi connectivity index (χ3v) is 3.20. The minimum atomic E-state index is -0.212. The molecule has 0 N–H and O–H groups in total. The van der Waals surface area contributed by atoms with Gasteiger partial charge in [-0.3, -0.25) is 4.79 Å². The first-order valence-corrected chi connectivity index (χ1v) is 5.48. The molecule has 0 saturated heterocycles. The Morgan fingerprint density at radius 1 is 1.75 bits per heavy atom. The van der Waals surface area contributed by atoms with Gasteiger partial charge in [-0.1, -0.05) is 37.9 Å². The number of carbonyl (C=O) groups is 1. The van der Waals surface area contributed by atoms with Crippen LogP contribution >= 0.6 is 31.9 Å². The van der Waals surface area contributed by atoms with Crippen LogP contribution in [0.15, 0.2) is 10.6 Å². The molecule has 2 nitrogen and oxygen atoms in total. The molecule has 0 spiro atoms. The molecular weight excluding hydrogens is 288 g/mol. The minimum Gasteiger partial charge on any atom is -0.461 e. The van der Waals surface area contributed by atoms with E-state index in [9.17, 15) is 4.79 Å². The van der Waals surface area contributed by atoms with Crippen molar-refractivity contribution in [3.63, 3.8) is 0 Å². The molecule has 0 amide bonds. The number of hydrogen-bond acceptors (Lipinski definition) is 2. The number of allylic oxidation sites excluding steroid dienone is 1. The van der Waals surface area contributed by atoms with E-state index in [1.54, 1.807) is 0 Å². The minimum absolute atomic E-state index is 0.0104. The zero-order chi connectivity index (χ0) is 9.14. The molecule has 0 radical (unpaired) electrons. The Morgan fingerprint density at radius 3 is 2.92 bits per heavy atom. The number of halogens is 2. The summed E-state index contributed by atoms with van der Waals surface area (Å²) < 4.78 is 6.27. The summed E-state index contributed by atoms with van der Waals surface area (Å²) in [7, 11) is 0. The Labute approximate surface area is 88.6 Å². The van der Waals surface area contributed by atoms with Crippen molar-refractivity contribution in [3.8, 4) is 0 Å². The number of esters is 1. The van der Waals surface area contributed by atoms with Gasteiger partial charge in [-0.05, 0) is 17.3 Å². The van der Waals surface area contributed by atoms with Crippen LogP contribution in [-0.2, 0) is 9.53 Å². The predicted molar refractivity (Wildman–Crippen MR) is 54.5 cm³/mol. The third kappa shape index (κ3) is 2.90. The molecule has 0 aromatic heterocycles. The maximum atomic E-state index is 10.7. The standard InChI is InChI=1S/C8H10Br2O2/c1-5(11)12-8-3-2-6(9)4-7(8)10/h4,7-8H,2-3H2,1H3/t7-,8-/m0/s1. The zero-order valence-corrected chi connectivity index (χ0v) is 9.89. The fourth-order valence-electron chi connectivity index (χ4n) is 1.14. The lowest BCUT2D eigenvalue weighted by molar-refractivity contribution is -0.146. The Bertz CT molecular complexity index is 213. The van der Waals surface area contributed by atoms with Crippen molar-refractivity contribution in [2.75, 3.05) is 0 Å². The topological polar surface area (TPSA) is 26.3 Å². The molecule has 2 atom stereocenters. The fourth-order valence-corrected chi connectivity index (χ4v) is 2.70. The van der Waals surface area contributed by atoms with Crippen LogP contribution in [0.25, 0.3) is 0 Å². The molecule has 12 heavy (non-hydrogen) atoms. The maximum Gasteiger partial charge on any atom is 0.302 e. The summed E-state index contributed by atoms with van der Waals surface area (Å²) in [4.78, 5) is 10.8. The number of ether oxygens (including phenoxy) is 1. The average molecular weight is 298 g/mol. The molecule has 0 unspecified atom stereocenters. The smallest absolute Gasteiger partial charge is 0.302 e. The van der Waals surface area contributed by atoms with Gasteiger partial charge in [0.15, 0.2) is 0 Å². The van der Waals surface area contributed by atoms with Crippen LogP contribution in [0, 0.1) is 0 Å². The average Bonchev–Trinajstić information content (AvgIpc) is 1.94. The SMILES string of the molecule is CC(=O)O[C@H]1CCC(Br)=C[C@@H]1Br. The number of hydrogen-bond donors (Lipinski definition) is 0. The molecule has 68 valence electrons. The summed E-state index contributed by atoms with van der Waals surface area (Å²) in [6.45, 7) is 1.44. The number of rotatable bonds is 1. The summed E-state index contributed by atoms with van der Waals surface area (Å²) in [6.07, 6.45) is 3.84. The summed E-state index contributed by atoms with van der Waals surface area (Å²) in [5.41, 5.74) is 0. The van der Waals surface area contributed by atoms with Gasteiger partial charge in [-0.2, -0.15) is 0 Å². The first kappa shape index (κ1) is 10.3. The van der Waals surface area contributed by atoms with Crippen LogP contribution in [0.4, 0.5) is 0 Å². The van der Waals surface area contributed by atoms with Gasteiger partial charge >= 0.3 is 5.97 Å². The summed E-state index contributed by atoms with van der Waals surface area (Å²) in [5.74, 6) is -0.212. The molecule has 0 aromatic carbocycles. The van der Waals surface area contributed by atoms with E-state index in [-0.39, 0.29) is 16.9 Å². The lowest BCUT2D eigenvalue weighted by Crippen LogP contribution is -2.27. The van der Waals surface area contributed by atoms with Crippen LogP contribution in [0.3, 0.4) is 0 Å². The largest absolute Gasteiger partial charge is 0.461 e. The Kier molecular flexibility index (Phi) is 3.77. The van der Waals surface area contributed by atoms with Gasteiger partial charge in [0.1, 0.15) is 6.10 Å². The molecule has 0 saturated carbocycles. The maximum absolute atomic E-state index is 10.7. The summed E-state index contributed by atoms with van der Waals surface area (Å²) >= 11 is 6.85. The Balaban J connectivity index is 2.53. The second kappa shape index (κ2) is 4.42. The molecule has 0 fully saturated rings. The van der Waals surface area contributed by atoms with E-state index in [2.05, 4.69) is 31.9 Å². The predicted octanol–water partition coefficient (Wildman–Crippen LogP) is 2.75. The van der Waals surface area contributed by atoms with Gasteiger partial charge in [0.25, 0.3) is 0 Å². The van der Waals surface area contributed by atoms with Gasteiger partial charge in [0.2, 0.25) is 0 Å². The van der Waals surface area contributed by atoms with Gasteiger partial charge < -0.3 is 4.74 Å². The highest BCUT2D eigenvalue weighted by Crippen LogP contribution is 2.28. The van der Waals surface area contributed by atoms with Crippen molar-refractivity contribution in [1.82, 2.24) is 0 Å². The molecule has 1 aliphatic rings. The second-order valence-corrected chi connectivity index (χ2v) is 4.82. The third-order valence-electron chi connectivity index (χ3n) is 1.68. The highest BCUT2D eigenvalue weighted by molar-refractivity contribution is 9.12. The molecule has 1 rings (SSSR count). The quantitative estimate of drug-likeness (QED) is 0.549. The number of alkyl halides is 1. The van der Waals surface area contributed by atoms with Crippen LogP contribution < -0.4 is 0 Å². The van der Waals surface area contributed by atoms with Crippen LogP contribution in [0.2, 0.25) is 0 Å². The van der Waals surface area contributed by atoms with Crippen molar-refractivity contribution in [1.29, 1.82) is 0 Å². The lowest BCUT2D eigenvalue weighted by Gasteiger charge is -2.24. The Morgan fingerprint density at radius 2 is 2.42 bits per heavy atom. The van der Waals surface area contributed by atoms with Crippen LogP contribution in [-0.4, -0.2) is 16.9 Å². The highest BCUT2D eigenvalue weighted by atomic mass is 79.9. The number of carbonyl (C=O) groups excluding carboxylic acids is 1. The van der Waals surface area contributed by atoms with Crippen molar-refractivity contribution >= 4 is 37.8 Å². The van der Waals surface area contributed by atoms with Crippen LogP contribution in [0.1, 0.15) is 19.8 Å². The van der Waals surface area contributed by atoms with E-state index in [4.69, 9.17) is 4.74 Å². The second-order valence-electron chi connectivity index (χ2n) is 2.74. The van der Waals surface area contributed by atoms with Gasteiger partial charge in [-0.25, -0.2) is 0 Å². The monoisotopic (exact) mass is 296 g/mol. The van der Waals surface area contributed by atoms with E-state index in [0.29, 0.717) is 0 Å². The zero-order valence-electron chi connectivity index (χ0n) is 6.72. The van der Waals surface area contributed by atoms with E-state index < -0.39 is 0 Å².